The summed E-state index contributed by atoms with van der Waals surface area (Å²) in [6.07, 6.45) is 6.49. The molecule has 3 aliphatic carbocycles. The second-order valence-corrected chi connectivity index (χ2v) is 17.3. The fraction of sp³-hybridized carbons (Fsp3) is 0.902. The number of nitrogens with one attached hydrogen (secondary N) is 1. The van der Waals surface area contributed by atoms with Gasteiger partial charge >= 0.3 is 5.97 Å². The Morgan fingerprint density at radius 1 is 0.849 bits per heavy atom. The quantitative estimate of drug-likeness (QED) is 0.267. The van der Waals surface area contributed by atoms with Crippen LogP contribution < -0.4 is 5.32 Å². The molecule has 12 nitrogen and oxygen atoms in total. The first-order chi connectivity index (χ1) is 25.5. The Kier molecular flexibility index (Phi) is 12.4. The van der Waals surface area contributed by atoms with Gasteiger partial charge in [-0.25, -0.2) is 0 Å². The van der Waals surface area contributed by atoms with Gasteiger partial charge in [0.05, 0.1) is 30.8 Å². The highest BCUT2D eigenvalue weighted by atomic mass is 16.7. The molecule has 7 rings (SSSR count). The van der Waals surface area contributed by atoms with E-state index in [1.807, 2.05) is 13.8 Å². The number of Topliss-reactive ketones (excluding diaryl/α,β-unsaturated/α-hetero) is 1. The van der Waals surface area contributed by atoms with E-state index in [9.17, 15) is 9.59 Å². The van der Waals surface area contributed by atoms with Gasteiger partial charge in [-0.3, -0.25) is 9.59 Å². The molecule has 6 fully saturated rings. The van der Waals surface area contributed by atoms with Crippen LogP contribution in [0, 0.1) is 35.5 Å². The van der Waals surface area contributed by atoms with Crippen LogP contribution >= 0.6 is 0 Å². The minimum Gasteiger partial charge on any atom is -0.462 e. The van der Waals surface area contributed by atoms with Crippen molar-refractivity contribution in [2.75, 3.05) is 35.4 Å². The monoisotopic (exact) mass is 746 g/mol. The van der Waals surface area contributed by atoms with Crippen LogP contribution in [0.3, 0.4) is 0 Å². The number of likely N-dealkylation sites (N-methyl/N-ethyl adjacent to an activating group) is 1. The number of allylic oxidation sites excluding steroid dienone is 2. The molecule has 0 aromatic heterocycles. The number of hydrogen-bond acceptors (Lipinski definition) is 12. The number of hydrogen-bond donors (Lipinski definition) is 1. The van der Waals surface area contributed by atoms with E-state index in [1.54, 1.807) is 21.3 Å². The minimum atomic E-state index is -0.585. The molecule has 4 aliphatic heterocycles. The number of carbonyl (C=O) groups is 2. The molecule has 4 heterocycles. The zero-order valence-electron chi connectivity index (χ0n) is 33.4. The summed E-state index contributed by atoms with van der Waals surface area (Å²) in [5.41, 5.74) is 0.798. The second kappa shape index (κ2) is 16.5. The van der Waals surface area contributed by atoms with Gasteiger partial charge in [0.1, 0.15) is 24.4 Å². The number of ketones is 1. The lowest BCUT2D eigenvalue weighted by molar-refractivity contribution is -0.314. The molecular formula is C41H66N2O10. The smallest absolute Gasteiger partial charge is 0.306 e. The number of fused-ring (bicyclic) bond motifs is 8. The molecule has 53 heavy (non-hydrogen) atoms. The number of esters is 1. The van der Waals surface area contributed by atoms with Crippen molar-refractivity contribution >= 4 is 11.8 Å². The van der Waals surface area contributed by atoms with Gasteiger partial charge in [-0.15, -0.1) is 0 Å². The number of methoxy groups -OCH3 is 3. The first-order valence-corrected chi connectivity index (χ1v) is 20.6. The predicted octanol–water partition coefficient (Wildman–Crippen LogP) is 4.27. The lowest BCUT2D eigenvalue weighted by Crippen LogP contribution is -2.59. The van der Waals surface area contributed by atoms with Crippen molar-refractivity contribution in [2.24, 2.45) is 35.5 Å². The molecule has 300 valence electrons. The molecule has 12 heteroatoms. The first-order valence-electron chi connectivity index (χ1n) is 20.6. The Morgan fingerprint density at radius 3 is 2.26 bits per heavy atom. The molecule has 0 aromatic carbocycles. The highest BCUT2D eigenvalue weighted by Crippen LogP contribution is 2.60. The molecule has 3 unspecified atom stereocenters. The summed E-state index contributed by atoms with van der Waals surface area (Å²) in [5.74, 6) is 0.423. The number of ether oxygens (including phenoxy) is 8. The Labute approximate surface area is 316 Å². The summed E-state index contributed by atoms with van der Waals surface area (Å²) in [5, 5.41) is 3.82. The van der Waals surface area contributed by atoms with E-state index in [4.69, 9.17) is 37.9 Å². The van der Waals surface area contributed by atoms with Crippen LogP contribution in [-0.4, -0.2) is 132 Å². The average Bonchev–Trinajstić information content (AvgIpc) is 3.67. The first kappa shape index (κ1) is 39.7. The molecule has 0 bridgehead atoms. The minimum absolute atomic E-state index is 0.0316. The van der Waals surface area contributed by atoms with Crippen LogP contribution in [0.5, 0.6) is 0 Å². The molecule has 4 saturated heterocycles. The summed E-state index contributed by atoms with van der Waals surface area (Å²) in [7, 11) is 9.18. The SMILES string of the molecule is CC[C@H]1CCC[C@H](O[C@H]2CC[C@H](N(C)C)C(C)O2)[C@@H](C)C(=O)C2=C[C@H]3[C@@H]4C[C@H](O[C@@H]5OC(C)[C@H](OC)[C@@H](OC)C5OC)C[C@H]4[C@@H]4N[C@@H]4[C@H]3[C@@H]2CC(=O)O1. The summed E-state index contributed by atoms with van der Waals surface area (Å²) >= 11 is 0. The zero-order chi connectivity index (χ0) is 37.7. The van der Waals surface area contributed by atoms with Crippen LogP contribution in [0.4, 0.5) is 0 Å². The van der Waals surface area contributed by atoms with Crippen LogP contribution in [0.15, 0.2) is 11.6 Å². The van der Waals surface area contributed by atoms with Gasteiger partial charge in [-0.1, -0.05) is 19.9 Å². The van der Waals surface area contributed by atoms with E-state index in [0.29, 0.717) is 30.3 Å². The maximum Gasteiger partial charge on any atom is 0.306 e. The standard InChI is InChI=1S/C41H66N2O10/c1-10-23-12-11-13-31(53-33-15-14-30(43(5)6)21(3)49-33)20(2)37(45)29-18-26-25-16-24(52-41-40(48-9)39(47-8)38(46-7)22(4)50-41)17-28(25)35-36(42-35)34(26)27(29)19-32(44)51-23/h18,20-28,30-31,33-36,38-42H,10-17,19H2,1-9H3/t20-,21?,22?,23+,24+,25+,26+,27-,28-,30+,31+,33+,34-,35+,36-,38+,39-,40?,41+/m1/s1. The maximum atomic E-state index is 14.8. The fourth-order valence-corrected chi connectivity index (χ4v) is 11.5. The lowest BCUT2D eigenvalue weighted by Gasteiger charge is -2.44. The Morgan fingerprint density at radius 2 is 1.58 bits per heavy atom. The molecule has 1 N–H and O–H groups in total. The van der Waals surface area contributed by atoms with Crippen molar-refractivity contribution < 1.29 is 47.5 Å². The third-order valence-electron chi connectivity index (χ3n) is 14.2. The van der Waals surface area contributed by atoms with Gasteiger partial charge in [-0.05, 0) is 109 Å². The van der Waals surface area contributed by atoms with Crippen molar-refractivity contribution in [1.29, 1.82) is 0 Å². The molecule has 0 aromatic rings. The van der Waals surface area contributed by atoms with Crippen molar-refractivity contribution in [3.8, 4) is 0 Å². The van der Waals surface area contributed by atoms with Crippen LogP contribution in [0.2, 0.25) is 0 Å². The third-order valence-corrected chi connectivity index (χ3v) is 14.2. The van der Waals surface area contributed by atoms with Crippen molar-refractivity contribution in [3.05, 3.63) is 11.6 Å². The van der Waals surface area contributed by atoms with E-state index in [0.717, 1.165) is 50.5 Å². The average molecular weight is 747 g/mol. The van der Waals surface area contributed by atoms with E-state index >= 15 is 0 Å². The zero-order valence-corrected chi connectivity index (χ0v) is 33.4. The van der Waals surface area contributed by atoms with E-state index in [-0.39, 0.29) is 96.9 Å². The number of nitrogens with zero attached hydrogens (tertiary/aromatic N) is 1. The highest BCUT2D eigenvalue weighted by molar-refractivity contribution is 5.99. The molecule has 0 spiro atoms. The van der Waals surface area contributed by atoms with Gasteiger partial charge in [0, 0.05) is 51.3 Å². The third kappa shape index (κ3) is 7.80. The van der Waals surface area contributed by atoms with Crippen molar-refractivity contribution in [2.45, 2.75) is 165 Å². The number of rotatable bonds is 9. The molecule has 2 saturated carbocycles. The maximum absolute atomic E-state index is 14.8. The predicted molar refractivity (Wildman–Crippen MR) is 196 cm³/mol. The second-order valence-electron chi connectivity index (χ2n) is 17.3. The number of cyclic esters (lactones) is 1. The van der Waals surface area contributed by atoms with Gasteiger partial charge < -0.3 is 48.1 Å². The molecule has 0 radical (unpaired) electrons. The van der Waals surface area contributed by atoms with Crippen molar-refractivity contribution in [3.63, 3.8) is 0 Å². The molecule has 7 aliphatic rings. The summed E-state index contributed by atoms with van der Waals surface area (Å²) < 4.78 is 49.8. The van der Waals surface area contributed by atoms with Crippen LogP contribution in [-0.2, 0) is 47.5 Å². The lowest BCUT2D eigenvalue weighted by atomic mass is 9.66. The Balaban J connectivity index is 1.11. The van der Waals surface area contributed by atoms with E-state index in [1.165, 1.54) is 0 Å². The van der Waals surface area contributed by atoms with Gasteiger partial charge in [-0.2, -0.15) is 0 Å². The van der Waals surface area contributed by atoms with Crippen LogP contribution in [0.25, 0.3) is 0 Å². The van der Waals surface area contributed by atoms with Crippen LogP contribution in [0.1, 0.15) is 85.5 Å². The van der Waals surface area contributed by atoms with Crippen molar-refractivity contribution in [1.82, 2.24) is 10.2 Å². The summed E-state index contributed by atoms with van der Waals surface area (Å²) in [4.78, 5) is 30.6. The molecule has 0 amide bonds. The van der Waals surface area contributed by atoms with Gasteiger partial charge in [0.25, 0.3) is 0 Å². The fourth-order valence-electron chi connectivity index (χ4n) is 11.5. The van der Waals surface area contributed by atoms with Gasteiger partial charge in [0.15, 0.2) is 18.4 Å². The molecule has 19 atom stereocenters. The summed E-state index contributed by atoms with van der Waals surface area (Å²) in [6.45, 7) is 8.21. The topological polar surface area (TPSA) is 133 Å². The summed E-state index contributed by atoms with van der Waals surface area (Å²) in [6, 6.07) is 0.946. The Bertz CT molecular complexity index is 1330. The number of carbonyl (C=O) groups excluding carboxylic acids is 2. The molecular weight excluding hydrogens is 680 g/mol. The largest absolute Gasteiger partial charge is 0.462 e. The van der Waals surface area contributed by atoms with E-state index in [2.05, 4.69) is 44.2 Å². The Hall–Kier alpha value is -1.48. The van der Waals surface area contributed by atoms with Gasteiger partial charge in [0.2, 0.25) is 0 Å². The normalized spacial score (nSPS) is 48.8. The highest BCUT2D eigenvalue weighted by Gasteiger charge is 2.65. The van der Waals surface area contributed by atoms with E-state index < -0.39 is 12.4 Å².